The second kappa shape index (κ2) is 38.8. The number of aliphatic hydroxyl groups excluding tert-OH is 2. The van der Waals surface area contributed by atoms with Crippen molar-refractivity contribution in [1.82, 2.24) is 5.32 Å². The third kappa shape index (κ3) is 33.7. The molecule has 0 aliphatic rings. The van der Waals surface area contributed by atoms with Crippen molar-refractivity contribution < 1.29 is 24.5 Å². The molecule has 0 aliphatic heterocycles. The van der Waals surface area contributed by atoms with Gasteiger partial charge in [0, 0.05) is 6.42 Å². The van der Waals surface area contributed by atoms with Gasteiger partial charge in [-0.2, -0.15) is 0 Å². The zero-order valence-corrected chi connectivity index (χ0v) is 33.5. The van der Waals surface area contributed by atoms with Crippen molar-refractivity contribution in [3.05, 3.63) is 12.2 Å². The summed E-state index contributed by atoms with van der Waals surface area (Å²) in [5, 5.41) is 23.6. The molecule has 6 nitrogen and oxygen atoms in total. The van der Waals surface area contributed by atoms with E-state index in [1.807, 2.05) is 0 Å². The van der Waals surface area contributed by atoms with Gasteiger partial charge < -0.3 is 20.3 Å². The summed E-state index contributed by atoms with van der Waals surface area (Å²) < 4.78 is 5.85. The minimum atomic E-state index is -0.780. The Kier molecular flexibility index (Phi) is 37.7. The van der Waals surface area contributed by atoms with E-state index in [-0.39, 0.29) is 24.9 Å². The largest absolute Gasteiger partial charge is 0.462 e. The molecule has 0 radical (unpaired) electrons. The molecular weight excluding hydrogens is 622 g/mol. The Labute approximate surface area is 310 Å². The zero-order chi connectivity index (χ0) is 36.8. The highest BCUT2D eigenvalue weighted by Crippen LogP contribution is 2.17. The second-order valence-electron chi connectivity index (χ2n) is 15.1. The van der Waals surface area contributed by atoms with Gasteiger partial charge in [0.25, 0.3) is 0 Å². The van der Waals surface area contributed by atoms with Gasteiger partial charge in [0.05, 0.1) is 25.2 Å². The molecule has 6 heteroatoms. The summed E-state index contributed by atoms with van der Waals surface area (Å²) in [5.74, 6) is -0.483. The van der Waals surface area contributed by atoms with Crippen LogP contribution in [-0.4, -0.2) is 46.9 Å². The van der Waals surface area contributed by atoms with Crippen molar-refractivity contribution in [2.45, 2.75) is 251 Å². The number of carbonyl (C=O) groups is 2. The third-order valence-electron chi connectivity index (χ3n) is 10.1. The average Bonchev–Trinajstić information content (AvgIpc) is 3.10. The van der Waals surface area contributed by atoms with Gasteiger partial charge in [-0.3, -0.25) is 9.59 Å². The molecule has 0 fully saturated rings. The van der Waals surface area contributed by atoms with E-state index in [1.54, 1.807) is 0 Å². The Bertz CT molecular complexity index is 757. The Morgan fingerprint density at radius 2 is 0.980 bits per heavy atom. The van der Waals surface area contributed by atoms with Gasteiger partial charge in [0.15, 0.2) is 0 Å². The van der Waals surface area contributed by atoms with Gasteiger partial charge in [-0.15, -0.1) is 0 Å². The van der Waals surface area contributed by atoms with E-state index in [1.165, 1.54) is 135 Å². The fraction of sp³-hybridized carbons (Fsp3) is 0.909. The molecular formula is C44H85NO5. The number of carbonyl (C=O) groups excluding carboxylic acids is 2. The van der Waals surface area contributed by atoms with Crippen LogP contribution in [0, 0.1) is 0 Å². The molecule has 3 unspecified atom stereocenters. The van der Waals surface area contributed by atoms with Crippen LogP contribution in [0.2, 0.25) is 0 Å². The smallest absolute Gasteiger partial charge is 0.306 e. The van der Waals surface area contributed by atoms with Crippen molar-refractivity contribution in [1.29, 1.82) is 0 Å². The standard InChI is InChI=1S/C44H85NO5/c1-4-7-10-13-16-18-20-21-23-24-27-30-33-36-42(47)41(39-46)45-43(48)38-40(35-32-29-26-15-12-9-6-3)50-44(49)37-34-31-28-25-22-19-17-14-11-8-5-2/h14,17,40-42,46-47H,4-13,15-16,18-39H2,1-3H3,(H,45,48)/b17-14-. The number of hydrogen-bond acceptors (Lipinski definition) is 5. The molecule has 0 spiro atoms. The Morgan fingerprint density at radius 3 is 1.48 bits per heavy atom. The molecule has 0 aromatic heterocycles. The highest BCUT2D eigenvalue weighted by molar-refractivity contribution is 5.77. The van der Waals surface area contributed by atoms with Crippen LogP contribution < -0.4 is 5.32 Å². The molecule has 0 rings (SSSR count). The van der Waals surface area contributed by atoms with E-state index in [4.69, 9.17) is 4.74 Å². The van der Waals surface area contributed by atoms with Crippen LogP contribution in [0.4, 0.5) is 0 Å². The number of aliphatic hydroxyl groups is 2. The number of amides is 1. The molecule has 0 saturated heterocycles. The second-order valence-corrected chi connectivity index (χ2v) is 15.1. The van der Waals surface area contributed by atoms with Crippen LogP contribution in [0.3, 0.4) is 0 Å². The summed E-state index contributed by atoms with van der Waals surface area (Å²) in [5.41, 5.74) is 0. The molecule has 3 N–H and O–H groups in total. The maximum atomic E-state index is 13.0. The van der Waals surface area contributed by atoms with Gasteiger partial charge >= 0.3 is 5.97 Å². The maximum absolute atomic E-state index is 13.0. The first-order valence-electron chi connectivity index (χ1n) is 21.9. The summed E-state index contributed by atoms with van der Waals surface area (Å²) >= 11 is 0. The summed E-state index contributed by atoms with van der Waals surface area (Å²) in [7, 11) is 0. The van der Waals surface area contributed by atoms with Gasteiger partial charge in [-0.25, -0.2) is 0 Å². The Hall–Kier alpha value is -1.40. The highest BCUT2D eigenvalue weighted by atomic mass is 16.5. The van der Waals surface area contributed by atoms with E-state index >= 15 is 0 Å². The molecule has 0 saturated carbocycles. The Morgan fingerprint density at radius 1 is 0.560 bits per heavy atom. The van der Waals surface area contributed by atoms with Crippen LogP contribution in [0.25, 0.3) is 0 Å². The number of unbranched alkanes of at least 4 members (excludes halogenated alkanes) is 25. The first-order chi connectivity index (χ1) is 24.5. The lowest BCUT2D eigenvalue weighted by molar-refractivity contribution is -0.151. The Balaban J connectivity index is 4.44. The molecule has 0 aromatic rings. The first-order valence-corrected chi connectivity index (χ1v) is 21.9. The van der Waals surface area contributed by atoms with Gasteiger partial charge in [-0.1, -0.05) is 187 Å². The minimum Gasteiger partial charge on any atom is -0.462 e. The van der Waals surface area contributed by atoms with Crippen LogP contribution in [0.1, 0.15) is 233 Å². The lowest BCUT2D eigenvalue weighted by Crippen LogP contribution is -2.46. The van der Waals surface area contributed by atoms with E-state index in [9.17, 15) is 19.8 Å². The van der Waals surface area contributed by atoms with Crippen LogP contribution in [0.5, 0.6) is 0 Å². The minimum absolute atomic E-state index is 0.0787. The van der Waals surface area contributed by atoms with Gasteiger partial charge in [-0.05, 0) is 44.9 Å². The number of hydrogen-bond donors (Lipinski definition) is 3. The zero-order valence-electron chi connectivity index (χ0n) is 33.5. The highest BCUT2D eigenvalue weighted by Gasteiger charge is 2.24. The lowest BCUT2D eigenvalue weighted by atomic mass is 10.0. The van der Waals surface area contributed by atoms with Crippen molar-refractivity contribution in [2.24, 2.45) is 0 Å². The van der Waals surface area contributed by atoms with Crippen LogP contribution in [-0.2, 0) is 14.3 Å². The third-order valence-corrected chi connectivity index (χ3v) is 10.1. The van der Waals surface area contributed by atoms with E-state index in [2.05, 4.69) is 38.2 Å². The quantitative estimate of drug-likeness (QED) is 0.0336. The van der Waals surface area contributed by atoms with Crippen LogP contribution >= 0.6 is 0 Å². The number of ether oxygens (including phenoxy) is 1. The summed E-state index contributed by atoms with van der Waals surface area (Å²) in [6.07, 6.45) is 39.9. The van der Waals surface area contributed by atoms with E-state index in [0.29, 0.717) is 19.3 Å². The summed E-state index contributed by atoms with van der Waals surface area (Å²) in [6.45, 7) is 6.40. The van der Waals surface area contributed by atoms with Crippen molar-refractivity contribution in [3.8, 4) is 0 Å². The first kappa shape index (κ1) is 48.6. The van der Waals surface area contributed by atoms with E-state index in [0.717, 1.165) is 51.4 Å². The summed E-state index contributed by atoms with van der Waals surface area (Å²) in [6, 6.07) is -0.693. The maximum Gasteiger partial charge on any atom is 0.306 e. The molecule has 0 heterocycles. The molecule has 1 amide bonds. The fourth-order valence-electron chi connectivity index (χ4n) is 6.70. The predicted molar refractivity (Wildman–Crippen MR) is 213 cm³/mol. The monoisotopic (exact) mass is 708 g/mol. The molecule has 0 aliphatic carbocycles. The van der Waals surface area contributed by atoms with E-state index < -0.39 is 18.2 Å². The normalized spacial score (nSPS) is 13.5. The van der Waals surface area contributed by atoms with Crippen LogP contribution in [0.15, 0.2) is 12.2 Å². The lowest BCUT2D eigenvalue weighted by Gasteiger charge is -2.24. The molecule has 296 valence electrons. The molecule has 0 bridgehead atoms. The SMILES string of the molecule is CCCC/C=C\CCCCCCCC(=O)OC(CCCCCCCCC)CC(=O)NC(CO)C(O)CCCCCCCCCCCCCCC. The average molecular weight is 708 g/mol. The van der Waals surface area contributed by atoms with Crippen molar-refractivity contribution >= 4 is 11.9 Å². The molecule has 0 aromatic carbocycles. The number of nitrogens with one attached hydrogen (secondary N) is 1. The number of esters is 1. The van der Waals surface area contributed by atoms with Crippen molar-refractivity contribution in [3.63, 3.8) is 0 Å². The fourth-order valence-corrected chi connectivity index (χ4v) is 6.70. The van der Waals surface area contributed by atoms with Gasteiger partial charge in [0.2, 0.25) is 5.91 Å². The topological polar surface area (TPSA) is 95.9 Å². The number of rotatable bonds is 39. The number of allylic oxidation sites excluding steroid dienone is 2. The molecule has 50 heavy (non-hydrogen) atoms. The van der Waals surface area contributed by atoms with Crippen molar-refractivity contribution in [2.75, 3.05) is 6.61 Å². The summed E-state index contributed by atoms with van der Waals surface area (Å²) in [4.78, 5) is 25.8. The van der Waals surface area contributed by atoms with Gasteiger partial charge in [0.1, 0.15) is 6.10 Å². The molecule has 3 atom stereocenters. The predicted octanol–water partition coefficient (Wildman–Crippen LogP) is 12.2.